The molecule has 0 bridgehead atoms. The summed E-state index contributed by atoms with van der Waals surface area (Å²) in [4.78, 5) is 2.17. The average molecular weight is 515 g/mol. The van der Waals surface area contributed by atoms with Gasteiger partial charge in [-0.1, -0.05) is 30.3 Å². The summed E-state index contributed by atoms with van der Waals surface area (Å²) in [5, 5.41) is 3.44. The normalized spacial score (nSPS) is 10.1. The standard InChI is InChI=1S/C18H22Br2N2O.2ClH/c1-22(2)9-8-21-12-15-10-16(19)18(17(20)11-15)23-13-14-6-4-3-5-7-14;;/h3-7,10-11,21H,8-9,12-13H2,1-2H3;2*1H. The summed E-state index contributed by atoms with van der Waals surface area (Å²) < 4.78 is 7.87. The molecule has 0 saturated heterocycles. The summed E-state index contributed by atoms with van der Waals surface area (Å²) in [7, 11) is 4.15. The Bertz CT molecular complexity index is 605. The highest BCUT2D eigenvalue weighted by Gasteiger charge is 2.09. The van der Waals surface area contributed by atoms with Gasteiger partial charge in [0.05, 0.1) is 8.95 Å². The largest absolute Gasteiger partial charge is 0.487 e. The molecule has 140 valence electrons. The molecule has 0 aliphatic carbocycles. The predicted octanol–water partition coefficient (Wildman–Crippen LogP) is 5.29. The summed E-state index contributed by atoms with van der Waals surface area (Å²) in [6, 6.07) is 14.4. The fourth-order valence-corrected chi connectivity index (χ4v) is 3.63. The summed E-state index contributed by atoms with van der Waals surface area (Å²) >= 11 is 7.23. The van der Waals surface area contributed by atoms with Crippen molar-refractivity contribution in [3.05, 3.63) is 62.5 Å². The number of benzene rings is 2. The number of nitrogens with zero attached hydrogens (tertiary/aromatic N) is 1. The topological polar surface area (TPSA) is 24.5 Å². The van der Waals surface area contributed by atoms with Crippen molar-refractivity contribution in [2.24, 2.45) is 0 Å². The van der Waals surface area contributed by atoms with Crippen LogP contribution >= 0.6 is 56.7 Å². The summed E-state index contributed by atoms with van der Waals surface area (Å²) in [5.41, 5.74) is 2.37. The fourth-order valence-electron chi connectivity index (χ4n) is 2.12. The van der Waals surface area contributed by atoms with Crippen LogP contribution in [-0.4, -0.2) is 32.1 Å². The number of hydrogen-bond acceptors (Lipinski definition) is 3. The van der Waals surface area contributed by atoms with Crippen molar-refractivity contribution < 1.29 is 4.74 Å². The van der Waals surface area contributed by atoms with Gasteiger partial charge in [-0.15, -0.1) is 24.8 Å². The molecule has 0 amide bonds. The van der Waals surface area contributed by atoms with Crippen LogP contribution in [0.1, 0.15) is 11.1 Å². The zero-order valence-electron chi connectivity index (χ0n) is 14.3. The summed E-state index contributed by atoms with van der Waals surface area (Å²) in [6.07, 6.45) is 0. The van der Waals surface area contributed by atoms with Gasteiger partial charge in [-0.2, -0.15) is 0 Å². The van der Waals surface area contributed by atoms with Crippen molar-refractivity contribution in [1.82, 2.24) is 10.2 Å². The smallest absolute Gasteiger partial charge is 0.148 e. The summed E-state index contributed by atoms with van der Waals surface area (Å²) in [6.45, 7) is 3.39. The van der Waals surface area contributed by atoms with Crippen molar-refractivity contribution in [2.45, 2.75) is 13.2 Å². The van der Waals surface area contributed by atoms with Gasteiger partial charge in [-0.05, 0) is 69.2 Å². The quantitative estimate of drug-likeness (QED) is 0.485. The zero-order chi connectivity index (χ0) is 16.7. The third-order valence-corrected chi connectivity index (χ3v) is 4.53. The van der Waals surface area contributed by atoms with Crippen LogP contribution in [0.5, 0.6) is 5.75 Å². The van der Waals surface area contributed by atoms with Gasteiger partial charge in [0.1, 0.15) is 12.4 Å². The Morgan fingerprint density at radius 3 is 2.12 bits per heavy atom. The minimum atomic E-state index is 0. The van der Waals surface area contributed by atoms with E-state index >= 15 is 0 Å². The highest BCUT2D eigenvalue weighted by molar-refractivity contribution is 9.11. The Hall–Kier alpha value is -0.300. The van der Waals surface area contributed by atoms with E-state index in [0.29, 0.717) is 6.61 Å². The van der Waals surface area contributed by atoms with Crippen LogP contribution in [0.2, 0.25) is 0 Å². The van der Waals surface area contributed by atoms with E-state index in [4.69, 9.17) is 4.74 Å². The van der Waals surface area contributed by atoms with Crippen LogP contribution in [0, 0.1) is 0 Å². The third kappa shape index (κ3) is 8.76. The molecule has 0 saturated carbocycles. The van der Waals surface area contributed by atoms with Crippen molar-refractivity contribution in [3.63, 3.8) is 0 Å². The molecule has 2 aromatic carbocycles. The molecule has 0 atom stereocenters. The lowest BCUT2D eigenvalue weighted by atomic mass is 10.2. The van der Waals surface area contributed by atoms with Crippen LogP contribution in [0.4, 0.5) is 0 Å². The van der Waals surface area contributed by atoms with E-state index in [-0.39, 0.29) is 24.8 Å². The van der Waals surface area contributed by atoms with Crippen LogP contribution in [0.3, 0.4) is 0 Å². The van der Waals surface area contributed by atoms with Crippen LogP contribution in [-0.2, 0) is 13.2 Å². The predicted molar refractivity (Wildman–Crippen MR) is 117 cm³/mol. The highest BCUT2D eigenvalue weighted by Crippen LogP contribution is 2.35. The first kappa shape index (κ1) is 24.7. The minimum Gasteiger partial charge on any atom is -0.487 e. The highest BCUT2D eigenvalue weighted by atomic mass is 79.9. The third-order valence-electron chi connectivity index (χ3n) is 3.35. The molecule has 25 heavy (non-hydrogen) atoms. The molecule has 1 N–H and O–H groups in total. The van der Waals surface area contributed by atoms with E-state index in [1.807, 2.05) is 18.2 Å². The molecule has 0 heterocycles. The van der Waals surface area contributed by atoms with Crippen LogP contribution < -0.4 is 10.1 Å². The lowest BCUT2D eigenvalue weighted by Crippen LogP contribution is -2.26. The van der Waals surface area contributed by atoms with Crippen molar-refractivity contribution in [2.75, 3.05) is 27.2 Å². The molecular weight excluding hydrogens is 491 g/mol. The lowest BCUT2D eigenvalue weighted by molar-refractivity contribution is 0.302. The lowest BCUT2D eigenvalue weighted by Gasteiger charge is -2.14. The number of halogens is 4. The number of ether oxygens (including phenoxy) is 1. The van der Waals surface area contributed by atoms with Crippen LogP contribution in [0.25, 0.3) is 0 Å². The first-order valence-electron chi connectivity index (χ1n) is 7.56. The van der Waals surface area contributed by atoms with E-state index < -0.39 is 0 Å². The van der Waals surface area contributed by atoms with Gasteiger partial charge in [0, 0.05) is 19.6 Å². The molecule has 0 aliphatic heterocycles. The molecule has 0 spiro atoms. The Morgan fingerprint density at radius 1 is 0.960 bits per heavy atom. The molecule has 7 heteroatoms. The van der Waals surface area contributed by atoms with Gasteiger partial charge < -0.3 is 15.0 Å². The maximum atomic E-state index is 5.94. The molecule has 0 fully saturated rings. The van der Waals surface area contributed by atoms with E-state index in [2.05, 4.69) is 80.4 Å². The number of nitrogens with one attached hydrogen (secondary N) is 1. The first-order valence-corrected chi connectivity index (χ1v) is 9.15. The molecule has 0 aliphatic rings. The van der Waals surface area contributed by atoms with E-state index in [0.717, 1.165) is 39.9 Å². The van der Waals surface area contributed by atoms with Crippen molar-refractivity contribution in [3.8, 4) is 5.75 Å². The monoisotopic (exact) mass is 512 g/mol. The van der Waals surface area contributed by atoms with Gasteiger partial charge in [0.2, 0.25) is 0 Å². The maximum absolute atomic E-state index is 5.94. The molecule has 2 rings (SSSR count). The van der Waals surface area contributed by atoms with Crippen LogP contribution in [0.15, 0.2) is 51.4 Å². The molecule has 3 nitrogen and oxygen atoms in total. The summed E-state index contributed by atoms with van der Waals surface area (Å²) in [5.74, 6) is 0.839. The second kappa shape index (κ2) is 13.0. The Labute approximate surface area is 179 Å². The number of hydrogen-bond donors (Lipinski definition) is 1. The van der Waals surface area contributed by atoms with Gasteiger partial charge >= 0.3 is 0 Å². The fraction of sp³-hybridized carbons (Fsp3) is 0.333. The van der Waals surface area contributed by atoms with Gasteiger partial charge in [-0.3, -0.25) is 0 Å². The second-order valence-electron chi connectivity index (χ2n) is 5.64. The molecule has 0 unspecified atom stereocenters. The van der Waals surface area contributed by atoms with Gasteiger partial charge in [-0.25, -0.2) is 0 Å². The Kier molecular flexibility index (Phi) is 12.8. The molecular formula is C18H24Br2Cl2N2O. The van der Waals surface area contributed by atoms with Crippen molar-refractivity contribution in [1.29, 1.82) is 0 Å². The number of likely N-dealkylation sites (N-methyl/N-ethyl adjacent to an activating group) is 1. The van der Waals surface area contributed by atoms with Gasteiger partial charge in [0.25, 0.3) is 0 Å². The number of rotatable bonds is 8. The SMILES string of the molecule is CN(C)CCNCc1cc(Br)c(OCc2ccccc2)c(Br)c1.Cl.Cl. The van der Waals surface area contributed by atoms with Crippen molar-refractivity contribution >= 4 is 56.7 Å². The maximum Gasteiger partial charge on any atom is 0.148 e. The minimum absolute atomic E-state index is 0. The van der Waals surface area contributed by atoms with Gasteiger partial charge in [0.15, 0.2) is 0 Å². The second-order valence-corrected chi connectivity index (χ2v) is 7.35. The Morgan fingerprint density at radius 2 is 1.56 bits per heavy atom. The molecule has 0 aromatic heterocycles. The first-order chi connectivity index (χ1) is 11.1. The van der Waals surface area contributed by atoms with E-state index in [9.17, 15) is 0 Å². The molecule has 2 aromatic rings. The average Bonchev–Trinajstić information content (AvgIpc) is 2.51. The molecule has 0 radical (unpaired) electrons. The van der Waals surface area contributed by atoms with E-state index in [1.54, 1.807) is 0 Å². The zero-order valence-corrected chi connectivity index (χ0v) is 19.1. The van der Waals surface area contributed by atoms with E-state index in [1.165, 1.54) is 5.56 Å². The Balaban J connectivity index is 0.00000288.